The van der Waals surface area contributed by atoms with Crippen LogP contribution in [0.25, 0.3) is 0 Å². The third-order valence-corrected chi connectivity index (χ3v) is 5.56. The smallest absolute Gasteiger partial charge is 0.119 e. The fraction of sp³-hybridized carbons (Fsp3) is 0.100. The summed E-state index contributed by atoms with van der Waals surface area (Å²) in [7, 11) is 0. The van der Waals surface area contributed by atoms with E-state index in [1.807, 2.05) is 60.7 Å². The summed E-state index contributed by atoms with van der Waals surface area (Å²) in [5.41, 5.74) is 1.08. The molecule has 0 unspecified atom stereocenters. The van der Waals surface area contributed by atoms with E-state index < -0.39 is 0 Å². The number of para-hydroxylation sites is 2. The van der Waals surface area contributed by atoms with Crippen LogP contribution < -0.4 is 9.47 Å². The molecular formula is C20H14Cl4O2. The number of hydrogen-bond donors (Lipinski definition) is 0. The second kappa shape index (κ2) is 8.88. The first-order chi connectivity index (χ1) is 12.6. The van der Waals surface area contributed by atoms with Crippen molar-refractivity contribution >= 4 is 46.4 Å². The predicted octanol–water partition coefficient (Wildman–Crippen LogP) is 7.46. The predicted molar refractivity (Wildman–Crippen MR) is 108 cm³/mol. The fourth-order valence-electron chi connectivity index (χ4n) is 2.32. The third kappa shape index (κ3) is 4.39. The molecule has 134 valence electrons. The van der Waals surface area contributed by atoms with Gasteiger partial charge in [0.1, 0.15) is 24.7 Å². The Hall–Kier alpha value is -1.58. The zero-order valence-electron chi connectivity index (χ0n) is 13.5. The molecular weight excluding hydrogens is 414 g/mol. The Kier molecular flexibility index (Phi) is 6.55. The molecule has 0 saturated heterocycles. The highest BCUT2D eigenvalue weighted by Crippen LogP contribution is 2.42. The molecule has 0 N–H and O–H groups in total. The standard InChI is InChI=1S/C20H14Cl4O2/c21-17-15(11-25-13-7-3-1-4-8-13)18(22)20(24)16(19(17)23)12-26-14-9-5-2-6-10-14/h1-10H,11-12H2. The molecule has 2 nitrogen and oxygen atoms in total. The Bertz CT molecular complexity index is 780. The molecule has 3 aromatic carbocycles. The van der Waals surface area contributed by atoms with Gasteiger partial charge >= 0.3 is 0 Å². The van der Waals surface area contributed by atoms with Crippen molar-refractivity contribution in [2.24, 2.45) is 0 Å². The largest absolute Gasteiger partial charge is 0.489 e. The van der Waals surface area contributed by atoms with Gasteiger partial charge in [-0.15, -0.1) is 0 Å². The van der Waals surface area contributed by atoms with Gasteiger partial charge in [-0.2, -0.15) is 0 Å². The Morgan fingerprint density at radius 1 is 0.500 bits per heavy atom. The molecule has 3 rings (SSSR count). The summed E-state index contributed by atoms with van der Waals surface area (Å²) in [5.74, 6) is 1.40. The number of hydrogen-bond acceptors (Lipinski definition) is 2. The molecule has 6 heteroatoms. The van der Waals surface area contributed by atoms with Crippen LogP contribution in [0.1, 0.15) is 11.1 Å². The lowest BCUT2D eigenvalue weighted by atomic mass is 10.1. The minimum atomic E-state index is 0.154. The first kappa shape index (κ1) is 19.2. The summed E-state index contributed by atoms with van der Waals surface area (Å²) in [6, 6.07) is 18.7. The second-order valence-electron chi connectivity index (χ2n) is 5.42. The van der Waals surface area contributed by atoms with Crippen LogP contribution in [0, 0.1) is 0 Å². The lowest BCUT2D eigenvalue weighted by Gasteiger charge is -2.16. The van der Waals surface area contributed by atoms with Gasteiger partial charge in [-0.1, -0.05) is 82.8 Å². The first-order valence-corrected chi connectivity index (χ1v) is 9.28. The molecule has 0 aliphatic rings. The van der Waals surface area contributed by atoms with E-state index in [0.717, 1.165) is 0 Å². The monoisotopic (exact) mass is 426 g/mol. The topological polar surface area (TPSA) is 18.5 Å². The molecule has 0 atom stereocenters. The highest BCUT2D eigenvalue weighted by molar-refractivity contribution is 6.48. The Labute approximate surface area is 172 Å². The summed E-state index contributed by atoms with van der Waals surface area (Å²) in [4.78, 5) is 0. The van der Waals surface area contributed by atoms with Crippen LogP contribution in [0.3, 0.4) is 0 Å². The normalized spacial score (nSPS) is 10.6. The van der Waals surface area contributed by atoms with Crippen LogP contribution >= 0.6 is 46.4 Å². The average Bonchev–Trinajstić information content (AvgIpc) is 2.68. The van der Waals surface area contributed by atoms with Gasteiger partial charge in [0.2, 0.25) is 0 Å². The van der Waals surface area contributed by atoms with Crippen molar-refractivity contribution in [1.82, 2.24) is 0 Å². The molecule has 0 aromatic heterocycles. The van der Waals surface area contributed by atoms with E-state index in [-0.39, 0.29) is 13.2 Å². The maximum absolute atomic E-state index is 6.41. The Balaban J connectivity index is 1.82. The van der Waals surface area contributed by atoms with Gasteiger partial charge in [0.15, 0.2) is 0 Å². The van der Waals surface area contributed by atoms with Crippen LogP contribution in [0.5, 0.6) is 11.5 Å². The molecule has 0 amide bonds. The van der Waals surface area contributed by atoms with Crippen molar-refractivity contribution in [3.05, 3.63) is 91.9 Å². The van der Waals surface area contributed by atoms with Gasteiger partial charge in [-0.25, -0.2) is 0 Å². The van der Waals surface area contributed by atoms with Gasteiger partial charge in [-0.3, -0.25) is 0 Å². The summed E-state index contributed by atoms with van der Waals surface area (Å²) in [6.45, 7) is 0.307. The lowest BCUT2D eigenvalue weighted by Crippen LogP contribution is -2.03. The maximum atomic E-state index is 6.41. The SMILES string of the molecule is Clc1c(Cl)c(COc2ccccc2)c(Cl)c(Cl)c1COc1ccccc1. The van der Waals surface area contributed by atoms with Crippen molar-refractivity contribution in [3.63, 3.8) is 0 Å². The summed E-state index contributed by atoms with van der Waals surface area (Å²) >= 11 is 25.7. The van der Waals surface area contributed by atoms with Gasteiger partial charge in [0.05, 0.1) is 20.1 Å². The van der Waals surface area contributed by atoms with E-state index in [1.54, 1.807) is 0 Å². The van der Waals surface area contributed by atoms with E-state index in [1.165, 1.54) is 0 Å². The minimum Gasteiger partial charge on any atom is -0.489 e. The zero-order valence-corrected chi connectivity index (χ0v) is 16.5. The van der Waals surface area contributed by atoms with E-state index in [2.05, 4.69) is 0 Å². The van der Waals surface area contributed by atoms with E-state index in [0.29, 0.717) is 42.7 Å². The van der Waals surface area contributed by atoms with Crippen LogP contribution in [0.4, 0.5) is 0 Å². The van der Waals surface area contributed by atoms with E-state index in [4.69, 9.17) is 55.9 Å². The van der Waals surface area contributed by atoms with Gasteiger partial charge in [0, 0.05) is 11.1 Å². The Morgan fingerprint density at radius 2 is 0.808 bits per heavy atom. The molecule has 0 aliphatic heterocycles. The fourth-order valence-corrected chi connectivity index (χ4v) is 3.47. The van der Waals surface area contributed by atoms with Crippen molar-refractivity contribution in [3.8, 4) is 11.5 Å². The quantitative estimate of drug-likeness (QED) is 0.380. The first-order valence-electron chi connectivity index (χ1n) is 7.77. The second-order valence-corrected chi connectivity index (χ2v) is 6.93. The Morgan fingerprint density at radius 3 is 1.12 bits per heavy atom. The summed E-state index contributed by atoms with van der Waals surface area (Å²) in [5, 5.41) is 1.24. The molecule has 0 heterocycles. The van der Waals surface area contributed by atoms with Crippen LogP contribution in [-0.2, 0) is 13.2 Å². The highest BCUT2D eigenvalue weighted by Gasteiger charge is 2.21. The molecule has 0 aliphatic carbocycles. The molecule has 26 heavy (non-hydrogen) atoms. The van der Waals surface area contributed by atoms with Crippen molar-refractivity contribution in [2.45, 2.75) is 13.2 Å². The number of rotatable bonds is 6. The third-order valence-electron chi connectivity index (χ3n) is 3.70. The molecule has 0 fully saturated rings. The molecule has 0 spiro atoms. The number of benzene rings is 3. The van der Waals surface area contributed by atoms with Crippen molar-refractivity contribution in [2.75, 3.05) is 0 Å². The summed E-state index contributed by atoms with van der Waals surface area (Å²) in [6.07, 6.45) is 0. The molecule has 3 aromatic rings. The van der Waals surface area contributed by atoms with E-state index in [9.17, 15) is 0 Å². The van der Waals surface area contributed by atoms with Gasteiger partial charge in [-0.05, 0) is 24.3 Å². The van der Waals surface area contributed by atoms with Gasteiger partial charge < -0.3 is 9.47 Å². The summed E-state index contributed by atoms with van der Waals surface area (Å²) < 4.78 is 11.4. The van der Waals surface area contributed by atoms with Crippen LogP contribution in [0.2, 0.25) is 20.1 Å². The minimum absolute atomic E-state index is 0.154. The molecule has 0 bridgehead atoms. The van der Waals surface area contributed by atoms with Crippen molar-refractivity contribution < 1.29 is 9.47 Å². The highest BCUT2D eigenvalue weighted by atomic mass is 35.5. The average molecular weight is 428 g/mol. The molecule has 0 saturated carbocycles. The van der Waals surface area contributed by atoms with Crippen LogP contribution in [0.15, 0.2) is 60.7 Å². The van der Waals surface area contributed by atoms with Gasteiger partial charge in [0.25, 0.3) is 0 Å². The van der Waals surface area contributed by atoms with E-state index >= 15 is 0 Å². The number of ether oxygens (including phenoxy) is 2. The zero-order chi connectivity index (χ0) is 18.5. The molecule has 0 radical (unpaired) electrons. The maximum Gasteiger partial charge on any atom is 0.119 e. The van der Waals surface area contributed by atoms with Crippen molar-refractivity contribution in [1.29, 1.82) is 0 Å². The van der Waals surface area contributed by atoms with Crippen LogP contribution in [-0.4, -0.2) is 0 Å². The number of halogens is 4. The lowest BCUT2D eigenvalue weighted by molar-refractivity contribution is 0.303.